The number of hydrogen-bond donors (Lipinski definition) is 1. The second-order valence-electron chi connectivity index (χ2n) is 6.19. The van der Waals surface area contributed by atoms with E-state index in [9.17, 15) is 0 Å². The lowest BCUT2D eigenvalue weighted by Gasteiger charge is -2.13. The zero-order chi connectivity index (χ0) is 16.7. The Morgan fingerprint density at radius 2 is 1.96 bits per heavy atom. The SMILES string of the molecule is CN(C)c1cccc(-c2nn(-c3cccc(Br)c3)c3c2CCN3)c1. The number of nitrogens with one attached hydrogen (secondary N) is 1. The van der Waals surface area contributed by atoms with Crippen LogP contribution < -0.4 is 10.2 Å². The summed E-state index contributed by atoms with van der Waals surface area (Å²) in [7, 11) is 4.12. The molecule has 4 nitrogen and oxygen atoms in total. The monoisotopic (exact) mass is 382 g/mol. The van der Waals surface area contributed by atoms with E-state index in [4.69, 9.17) is 5.10 Å². The van der Waals surface area contributed by atoms with Gasteiger partial charge in [-0.1, -0.05) is 34.1 Å². The molecule has 0 saturated carbocycles. The number of halogens is 1. The van der Waals surface area contributed by atoms with Crippen LogP contribution in [0.4, 0.5) is 11.5 Å². The first-order valence-corrected chi connectivity index (χ1v) is 8.82. The van der Waals surface area contributed by atoms with Crippen LogP contribution in [0.3, 0.4) is 0 Å². The van der Waals surface area contributed by atoms with Crippen molar-refractivity contribution in [2.45, 2.75) is 6.42 Å². The molecule has 1 aromatic heterocycles. The molecule has 24 heavy (non-hydrogen) atoms. The molecular formula is C19H19BrN4. The molecule has 0 amide bonds. The molecule has 0 atom stereocenters. The molecule has 0 unspecified atom stereocenters. The number of benzene rings is 2. The van der Waals surface area contributed by atoms with Crippen LogP contribution in [-0.4, -0.2) is 30.4 Å². The van der Waals surface area contributed by atoms with E-state index in [0.717, 1.165) is 40.2 Å². The predicted octanol–water partition coefficient (Wildman–Crippen LogP) is 4.34. The van der Waals surface area contributed by atoms with Gasteiger partial charge < -0.3 is 10.2 Å². The van der Waals surface area contributed by atoms with Gasteiger partial charge in [-0.05, 0) is 36.8 Å². The summed E-state index contributed by atoms with van der Waals surface area (Å²) in [4.78, 5) is 2.12. The van der Waals surface area contributed by atoms with Gasteiger partial charge in [0.05, 0.1) is 11.4 Å². The van der Waals surface area contributed by atoms with Gasteiger partial charge in [0.15, 0.2) is 0 Å². The normalized spacial score (nSPS) is 12.8. The van der Waals surface area contributed by atoms with Crippen molar-refractivity contribution in [1.82, 2.24) is 9.78 Å². The highest BCUT2D eigenvalue weighted by Crippen LogP contribution is 2.35. The van der Waals surface area contributed by atoms with Crippen LogP contribution >= 0.6 is 15.9 Å². The Balaban J connectivity index is 1.86. The largest absolute Gasteiger partial charge is 0.378 e. The smallest absolute Gasteiger partial charge is 0.133 e. The highest BCUT2D eigenvalue weighted by atomic mass is 79.9. The van der Waals surface area contributed by atoms with E-state index in [1.807, 2.05) is 16.8 Å². The molecule has 0 spiro atoms. The van der Waals surface area contributed by atoms with Crippen molar-refractivity contribution < 1.29 is 0 Å². The average molecular weight is 383 g/mol. The van der Waals surface area contributed by atoms with E-state index in [-0.39, 0.29) is 0 Å². The lowest BCUT2D eigenvalue weighted by molar-refractivity contribution is 0.882. The van der Waals surface area contributed by atoms with Gasteiger partial charge in [-0.25, -0.2) is 4.68 Å². The third-order valence-corrected chi connectivity index (χ3v) is 4.83. The van der Waals surface area contributed by atoms with Crippen LogP contribution in [0.25, 0.3) is 16.9 Å². The van der Waals surface area contributed by atoms with Crippen LogP contribution in [0.1, 0.15) is 5.56 Å². The molecule has 3 aromatic rings. The zero-order valence-corrected chi connectivity index (χ0v) is 15.3. The number of rotatable bonds is 3. The van der Waals surface area contributed by atoms with Crippen LogP contribution in [0.15, 0.2) is 53.0 Å². The summed E-state index contributed by atoms with van der Waals surface area (Å²) in [6.07, 6.45) is 1.00. The maximum atomic E-state index is 4.93. The maximum Gasteiger partial charge on any atom is 0.133 e. The summed E-state index contributed by atoms with van der Waals surface area (Å²) >= 11 is 3.55. The van der Waals surface area contributed by atoms with Crippen molar-refractivity contribution in [3.63, 3.8) is 0 Å². The summed E-state index contributed by atoms with van der Waals surface area (Å²) in [5.74, 6) is 1.11. The Morgan fingerprint density at radius 1 is 1.12 bits per heavy atom. The van der Waals surface area contributed by atoms with Crippen molar-refractivity contribution in [3.05, 3.63) is 58.6 Å². The fourth-order valence-corrected chi connectivity index (χ4v) is 3.52. The quantitative estimate of drug-likeness (QED) is 0.731. The van der Waals surface area contributed by atoms with Gasteiger partial charge in [-0.3, -0.25) is 0 Å². The van der Waals surface area contributed by atoms with Gasteiger partial charge in [0.25, 0.3) is 0 Å². The van der Waals surface area contributed by atoms with E-state index < -0.39 is 0 Å². The molecule has 0 aliphatic carbocycles. The first-order chi connectivity index (χ1) is 11.6. The molecule has 1 aliphatic rings. The zero-order valence-electron chi connectivity index (χ0n) is 13.8. The van der Waals surface area contributed by atoms with Crippen LogP contribution in [-0.2, 0) is 6.42 Å². The Kier molecular flexibility index (Phi) is 3.81. The van der Waals surface area contributed by atoms with Gasteiger partial charge in [-0.2, -0.15) is 5.10 Å². The Hall–Kier alpha value is -2.27. The summed E-state index contributed by atoms with van der Waals surface area (Å²) in [6, 6.07) is 16.8. The van der Waals surface area contributed by atoms with Gasteiger partial charge in [0.1, 0.15) is 5.82 Å². The Labute approximate surface area is 150 Å². The molecule has 0 saturated heterocycles. The molecule has 0 bridgehead atoms. The summed E-state index contributed by atoms with van der Waals surface area (Å²) in [6.45, 7) is 0.960. The van der Waals surface area contributed by atoms with Gasteiger partial charge >= 0.3 is 0 Å². The number of aromatic nitrogens is 2. The number of anilines is 2. The van der Waals surface area contributed by atoms with Gasteiger partial charge in [0.2, 0.25) is 0 Å². The van der Waals surface area contributed by atoms with Crippen LogP contribution in [0.2, 0.25) is 0 Å². The van der Waals surface area contributed by atoms with Crippen LogP contribution in [0.5, 0.6) is 0 Å². The number of nitrogens with zero attached hydrogens (tertiary/aromatic N) is 3. The van der Waals surface area contributed by atoms with Crippen molar-refractivity contribution in [2.75, 3.05) is 30.9 Å². The third kappa shape index (κ3) is 2.59. The fraction of sp³-hybridized carbons (Fsp3) is 0.211. The minimum atomic E-state index is 0.960. The van der Waals surface area contributed by atoms with Gasteiger partial charge in [0, 0.05) is 41.9 Å². The van der Waals surface area contributed by atoms with Crippen molar-refractivity contribution >= 4 is 27.4 Å². The number of hydrogen-bond acceptors (Lipinski definition) is 3. The standard InChI is InChI=1S/C19H19BrN4/c1-23(2)15-7-3-5-13(11-15)18-17-9-10-21-19(17)24(22-18)16-8-4-6-14(20)12-16/h3-8,11-12,21H,9-10H2,1-2H3. The topological polar surface area (TPSA) is 33.1 Å². The van der Waals surface area contributed by atoms with Crippen LogP contribution in [0, 0.1) is 0 Å². The second-order valence-corrected chi connectivity index (χ2v) is 7.10. The maximum absolute atomic E-state index is 4.93. The highest BCUT2D eigenvalue weighted by molar-refractivity contribution is 9.10. The molecule has 1 N–H and O–H groups in total. The molecular weight excluding hydrogens is 364 g/mol. The lowest BCUT2D eigenvalue weighted by Crippen LogP contribution is -2.08. The minimum Gasteiger partial charge on any atom is -0.378 e. The minimum absolute atomic E-state index is 0.960. The molecule has 1 aliphatic heterocycles. The molecule has 0 radical (unpaired) electrons. The van der Waals surface area contributed by atoms with E-state index in [2.05, 4.69) is 76.6 Å². The van der Waals surface area contributed by atoms with E-state index >= 15 is 0 Å². The summed E-state index contributed by atoms with van der Waals surface area (Å²) in [5.41, 5.74) is 5.77. The third-order valence-electron chi connectivity index (χ3n) is 4.34. The molecule has 2 heterocycles. The first-order valence-electron chi connectivity index (χ1n) is 8.03. The number of fused-ring (bicyclic) bond motifs is 1. The second kappa shape index (κ2) is 5.98. The van der Waals surface area contributed by atoms with E-state index in [0.29, 0.717) is 0 Å². The summed E-state index contributed by atoms with van der Waals surface area (Å²) < 4.78 is 3.07. The predicted molar refractivity (Wildman–Crippen MR) is 103 cm³/mol. The lowest BCUT2D eigenvalue weighted by atomic mass is 10.1. The molecule has 5 heteroatoms. The highest BCUT2D eigenvalue weighted by Gasteiger charge is 2.24. The first kappa shape index (κ1) is 15.3. The van der Waals surface area contributed by atoms with Gasteiger partial charge in [-0.15, -0.1) is 0 Å². The average Bonchev–Trinajstić information content (AvgIpc) is 3.17. The Bertz CT molecular complexity index is 898. The molecule has 4 rings (SSSR count). The Morgan fingerprint density at radius 3 is 2.75 bits per heavy atom. The molecule has 2 aromatic carbocycles. The van der Waals surface area contributed by atoms with Crippen molar-refractivity contribution in [3.8, 4) is 16.9 Å². The summed E-state index contributed by atoms with van der Waals surface area (Å²) in [5, 5.41) is 8.42. The molecule has 0 fully saturated rings. The van der Waals surface area contributed by atoms with Crippen molar-refractivity contribution in [1.29, 1.82) is 0 Å². The van der Waals surface area contributed by atoms with Crippen molar-refractivity contribution in [2.24, 2.45) is 0 Å². The fourth-order valence-electron chi connectivity index (χ4n) is 3.13. The molecule has 122 valence electrons. The van der Waals surface area contributed by atoms with E-state index in [1.54, 1.807) is 0 Å². The van der Waals surface area contributed by atoms with E-state index in [1.165, 1.54) is 11.3 Å².